The van der Waals surface area contributed by atoms with Gasteiger partial charge in [-0.3, -0.25) is 4.79 Å². The Morgan fingerprint density at radius 1 is 1.46 bits per heavy atom. The molecule has 3 heteroatoms. The second-order valence-corrected chi connectivity index (χ2v) is 5.23. The highest BCUT2D eigenvalue weighted by molar-refractivity contribution is 9.09. The summed E-state index contributed by atoms with van der Waals surface area (Å²) in [7, 11) is 0. The van der Waals surface area contributed by atoms with Crippen LogP contribution in [0, 0.1) is 11.3 Å². The van der Waals surface area contributed by atoms with Gasteiger partial charge < -0.3 is 5.32 Å². The summed E-state index contributed by atoms with van der Waals surface area (Å²) in [6.07, 6.45) is 0.623. The topological polar surface area (TPSA) is 29.1 Å². The van der Waals surface area contributed by atoms with Crippen LogP contribution in [0.2, 0.25) is 0 Å². The predicted molar refractivity (Wildman–Crippen MR) is 60.0 cm³/mol. The predicted octanol–water partition coefficient (Wildman–Crippen LogP) is 2.57. The maximum absolute atomic E-state index is 11.3. The first-order valence-electron chi connectivity index (χ1n) is 4.70. The zero-order chi connectivity index (χ0) is 10.5. The van der Waals surface area contributed by atoms with Crippen molar-refractivity contribution in [3.8, 4) is 0 Å². The first-order valence-corrected chi connectivity index (χ1v) is 5.82. The molecule has 0 rings (SSSR count). The van der Waals surface area contributed by atoms with Crippen LogP contribution in [0.4, 0.5) is 0 Å². The van der Waals surface area contributed by atoms with Gasteiger partial charge in [-0.15, -0.1) is 0 Å². The Bertz CT molecular complexity index is 166. The molecule has 0 radical (unpaired) electrons. The second kappa shape index (κ2) is 5.63. The summed E-state index contributed by atoms with van der Waals surface area (Å²) in [6, 6.07) is 0. The molecular formula is C10H20BrNO. The zero-order valence-electron chi connectivity index (χ0n) is 8.98. The second-order valence-electron chi connectivity index (χ2n) is 4.67. The first-order chi connectivity index (χ1) is 5.87. The molecule has 0 aromatic heterocycles. The van der Waals surface area contributed by atoms with Crippen LogP contribution in [0.25, 0.3) is 0 Å². The van der Waals surface area contributed by atoms with Crippen LogP contribution in [0.15, 0.2) is 0 Å². The lowest BCUT2D eigenvalue weighted by Crippen LogP contribution is -2.35. The van der Waals surface area contributed by atoms with Crippen molar-refractivity contribution < 1.29 is 4.79 Å². The van der Waals surface area contributed by atoms with Crippen molar-refractivity contribution in [2.24, 2.45) is 11.3 Å². The molecular weight excluding hydrogens is 230 g/mol. The molecule has 0 aromatic rings. The smallest absolute Gasteiger partial charge is 0.220 e. The summed E-state index contributed by atoms with van der Waals surface area (Å²) in [5.74, 6) is 0.594. The number of amides is 1. The molecule has 0 saturated carbocycles. The molecule has 0 aromatic carbocycles. The Hall–Kier alpha value is -0.0500. The minimum atomic E-state index is 0.145. The molecule has 0 fully saturated rings. The van der Waals surface area contributed by atoms with Crippen molar-refractivity contribution in [2.75, 3.05) is 11.9 Å². The minimum absolute atomic E-state index is 0.145. The molecule has 0 atom stereocenters. The Morgan fingerprint density at radius 2 is 2.00 bits per heavy atom. The SMILES string of the molecule is CC(C)CC(=O)NCC(C)(C)CBr. The molecule has 0 aliphatic carbocycles. The van der Waals surface area contributed by atoms with Crippen molar-refractivity contribution in [2.45, 2.75) is 34.1 Å². The van der Waals surface area contributed by atoms with Gasteiger partial charge in [-0.2, -0.15) is 0 Å². The van der Waals surface area contributed by atoms with Gasteiger partial charge >= 0.3 is 0 Å². The maximum atomic E-state index is 11.3. The summed E-state index contributed by atoms with van der Waals surface area (Å²) < 4.78 is 0. The van der Waals surface area contributed by atoms with E-state index in [1.807, 2.05) is 0 Å². The van der Waals surface area contributed by atoms with Crippen molar-refractivity contribution in [1.82, 2.24) is 5.32 Å². The van der Waals surface area contributed by atoms with Gasteiger partial charge in [0.25, 0.3) is 0 Å². The molecule has 0 heterocycles. The van der Waals surface area contributed by atoms with Gasteiger partial charge in [0.2, 0.25) is 5.91 Å². The van der Waals surface area contributed by atoms with Gasteiger partial charge in [0.05, 0.1) is 0 Å². The van der Waals surface area contributed by atoms with E-state index >= 15 is 0 Å². The molecule has 0 saturated heterocycles. The van der Waals surface area contributed by atoms with E-state index in [9.17, 15) is 4.79 Å². The molecule has 0 unspecified atom stereocenters. The highest BCUT2D eigenvalue weighted by Gasteiger charge is 2.17. The zero-order valence-corrected chi connectivity index (χ0v) is 10.6. The van der Waals surface area contributed by atoms with Gasteiger partial charge in [0.15, 0.2) is 0 Å². The minimum Gasteiger partial charge on any atom is -0.356 e. The van der Waals surface area contributed by atoms with Gasteiger partial charge in [0, 0.05) is 18.3 Å². The molecule has 2 nitrogen and oxygen atoms in total. The number of hydrogen-bond donors (Lipinski definition) is 1. The highest BCUT2D eigenvalue weighted by Crippen LogP contribution is 2.16. The molecule has 13 heavy (non-hydrogen) atoms. The largest absolute Gasteiger partial charge is 0.356 e. The van der Waals surface area contributed by atoms with E-state index in [4.69, 9.17) is 0 Å². The third-order valence-corrected chi connectivity index (χ3v) is 3.24. The lowest BCUT2D eigenvalue weighted by Gasteiger charge is -2.22. The Kier molecular flexibility index (Phi) is 5.61. The third kappa shape index (κ3) is 7.05. The number of hydrogen-bond acceptors (Lipinski definition) is 1. The van der Waals surface area contributed by atoms with E-state index in [2.05, 4.69) is 48.9 Å². The quantitative estimate of drug-likeness (QED) is 0.746. The molecule has 1 amide bonds. The summed E-state index contributed by atoms with van der Waals surface area (Å²) in [6.45, 7) is 9.09. The molecule has 78 valence electrons. The van der Waals surface area contributed by atoms with E-state index in [1.54, 1.807) is 0 Å². The van der Waals surface area contributed by atoms with Crippen LogP contribution in [0.3, 0.4) is 0 Å². The van der Waals surface area contributed by atoms with Crippen LogP contribution < -0.4 is 5.32 Å². The summed E-state index contributed by atoms with van der Waals surface area (Å²) in [4.78, 5) is 11.3. The van der Waals surface area contributed by atoms with Crippen molar-refractivity contribution in [3.05, 3.63) is 0 Å². The van der Waals surface area contributed by atoms with Gasteiger partial charge in [-0.1, -0.05) is 43.6 Å². The lowest BCUT2D eigenvalue weighted by atomic mass is 9.96. The van der Waals surface area contributed by atoms with E-state index in [1.165, 1.54) is 0 Å². The average molecular weight is 250 g/mol. The van der Waals surface area contributed by atoms with Crippen molar-refractivity contribution >= 4 is 21.8 Å². The van der Waals surface area contributed by atoms with E-state index in [-0.39, 0.29) is 11.3 Å². The van der Waals surface area contributed by atoms with Crippen LogP contribution >= 0.6 is 15.9 Å². The monoisotopic (exact) mass is 249 g/mol. The number of nitrogens with one attached hydrogen (secondary N) is 1. The summed E-state index contributed by atoms with van der Waals surface area (Å²) in [5, 5.41) is 3.84. The number of rotatable bonds is 5. The van der Waals surface area contributed by atoms with E-state index in [0.717, 1.165) is 11.9 Å². The first kappa shape index (κ1) is 12.9. The van der Waals surface area contributed by atoms with Crippen LogP contribution in [0.1, 0.15) is 34.1 Å². The van der Waals surface area contributed by atoms with Gasteiger partial charge in [-0.05, 0) is 11.3 Å². The molecule has 0 spiro atoms. The van der Waals surface area contributed by atoms with Crippen molar-refractivity contribution in [3.63, 3.8) is 0 Å². The molecule has 0 bridgehead atoms. The molecule has 0 aliphatic rings. The fourth-order valence-electron chi connectivity index (χ4n) is 0.828. The van der Waals surface area contributed by atoms with E-state index in [0.29, 0.717) is 12.3 Å². The normalized spacial score (nSPS) is 11.8. The maximum Gasteiger partial charge on any atom is 0.220 e. The highest BCUT2D eigenvalue weighted by atomic mass is 79.9. The van der Waals surface area contributed by atoms with E-state index < -0.39 is 0 Å². The van der Waals surface area contributed by atoms with Gasteiger partial charge in [-0.25, -0.2) is 0 Å². The van der Waals surface area contributed by atoms with Crippen LogP contribution in [-0.2, 0) is 4.79 Å². The number of carbonyl (C=O) groups excluding carboxylic acids is 1. The Morgan fingerprint density at radius 3 is 2.38 bits per heavy atom. The summed E-state index contributed by atoms with van der Waals surface area (Å²) in [5.41, 5.74) is 0.145. The fourth-order valence-corrected chi connectivity index (χ4v) is 1.03. The fraction of sp³-hybridized carbons (Fsp3) is 0.900. The standard InChI is InChI=1S/C10H20BrNO/c1-8(2)5-9(13)12-7-10(3,4)6-11/h8H,5-7H2,1-4H3,(H,12,13). The Labute approximate surface area is 89.6 Å². The van der Waals surface area contributed by atoms with Crippen LogP contribution in [0.5, 0.6) is 0 Å². The van der Waals surface area contributed by atoms with Crippen molar-refractivity contribution in [1.29, 1.82) is 0 Å². The van der Waals surface area contributed by atoms with Gasteiger partial charge in [0.1, 0.15) is 0 Å². The number of carbonyl (C=O) groups is 1. The summed E-state index contributed by atoms with van der Waals surface area (Å²) >= 11 is 3.42. The lowest BCUT2D eigenvalue weighted by molar-refractivity contribution is -0.122. The number of halogens is 1. The average Bonchev–Trinajstić information content (AvgIpc) is 2.00. The van der Waals surface area contributed by atoms with Crippen LogP contribution in [-0.4, -0.2) is 17.8 Å². The Balaban J connectivity index is 3.70. The molecule has 1 N–H and O–H groups in total. The number of alkyl halides is 1. The third-order valence-electron chi connectivity index (χ3n) is 1.72. The molecule has 0 aliphatic heterocycles.